The molecule has 7 heteroatoms. The minimum Gasteiger partial charge on any atom is -0.388 e. The zero-order chi connectivity index (χ0) is 12.5. The van der Waals surface area contributed by atoms with Crippen LogP contribution in [0.1, 0.15) is 22.7 Å². The van der Waals surface area contributed by atoms with Crippen molar-refractivity contribution in [2.75, 3.05) is 5.32 Å². The molecule has 2 heterocycles. The number of nitrogens with zero attached hydrogens (tertiary/aromatic N) is 3. The molecule has 5 nitrogen and oxygen atoms in total. The standard InChI is InChI=1S/C11H11N5S2/c12-10(17)7-4-14-9(5-13-7)16-11-15-6-2-1-3-8(6)18-11/h4-5H,1-3H2,(H2,12,17)(H,14,15,16). The minimum absolute atomic E-state index is 0.252. The van der Waals surface area contributed by atoms with Gasteiger partial charge in [0.05, 0.1) is 18.1 Å². The lowest BCUT2D eigenvalue weighted by molar-refractivity contribution is 0.900. The summed E-state index contributed by atoms with van der Waals surface area (Å²) in [6, 6.07) is 0. The van der Waals surface area contributed by atoms with Crippen molar-refractivity contribution in [3.63, 3.8) is 0 Å². The Balaban J connectivity index is 1.77. The third-order valence-corrected chi connectivity index (χ3v) is 4.02. The first-order valence-electron chi connectivity index (χ1n) is 5.60. The lowest BCUT2D eigenvalue weighted by Crippen LogP contribution is -2.12. The molecule has 0 amide bonds. The highest BCUT2D eigenvalue weighted by Crippen LogP contribution is 2.31. The second-order valence-electron chi connectivity index (χ2n) is 4.02. The molecule has 18 heavy (non-hydrogen) atoms. The molecule has 92 valence electrons. The van der Waals surface area contributed by atoms with Crippen LogP contribution in [0.5, 0.6) is 0 Å². The number of thiazole rings is 1. The van der Waals surface area contributed by atoms with Crippen molar-refractivity contribution in [1.82, 2.24) is 15.0 Å². The first-order chi connectivity index (χ1) is 8.72. The van der Waals surface area contributed by atoms with Gasteiger partial charge < -0.3 is 11.1 Å². The lowest BCUT2D eigenvalue weighted by Gasteiger charge is -2.02. The summed E-state index contributed by atoms with van der Waals surface area (Å²) in [6.45, 7) is 0. The Morgan fingerprint density at radius 3 is 2.89 bits per heavy atom. The highest BCUT2D eigenvalue weighted by atomic mass is 32.1. The average molecular weight is 277 g/mol. The predicted molar refractivity (Wildman–Crippen MR) is 75.3 cm³/mol. The molecule has 0 unspecified atom stereocenters. The van der Waals surface area contributed by atoms with E-state index in [-0.39, 0.29) is 4.99 Å². The van der Waals surface area contributed by atoms with Crippen molar-refractivity contribution in [1.29, 1.82) is 0 Å². The molecule has 0 saturated heterocycles. The van der Waals surface area contributed by atoms with E-state index in [1.807, 2.05) is 0 Å². The third kappa shape index (κ3) is 2.19. The number of aryl methyl sites for hydroxylation is 2. The van der Waals surface area contributed by atoms with Gasteiger partial charge in [-0.1, -0.05) is 12.2 Å². The first-order valence-corrected chi connectivity index (χ1v) is 6.82. The van der Waals surface area contributed by atoms with Crippen molar-refractivity contribution in [3.05, 3.63) is 28.7 Å². The number of fused-ring (bicyclic) bond motifs is 1. The molecular weight excluding hydrogens is 266 g/mol. The van der Waals surface area contributed by atoms with Crippen LogP contribution in [-0.2, 0) is 12.8 Å². The minimum atomic E-state index is 0.252. The quantitative estimate of drug-likeness (QED) is 0.833. The lowest BCUT2D eigenvalue weighted by atomic mass is 10.4. The maximum absolute atomic E-state index is 5.46. The molecule has 0 bridgehead atoms. The van der Waals surface area contributed by atoms with Crippen LogP contribution in [0.25, 0.3) is 0 Å². The van der Waals surface area contributed by atoms with Gasteiger partial charge in [0.2, 0.25) is 0 Å². The Morgan fingerprint density at radius 2 is 2.22 bits per heavy atom. The molecular formula is C11H11N5S2. The van der Waals surface area contributed by atoms with Gasteiger partial charge in [-0.3, -0.25) is 0 Å². The van der Waals surface area contributed by atoms with E-state index in [0.717, 1.165) is 18.0 Å². The summed E-state index contributed by atoms with van der Waals surface area (Å²) in [5.41, 5.74) is 7.21. The number of aromatic nitrogens is 3. The van der Waals surface area contributed by atoms with Crippen LogP contribution in [0, 0.1) is 0 Å². The van der Waals surface area contributed by atoms with E-state index in [1.165, 1.54) is 17.0 Å². The van der Waals surface area contributed by atoms with Crippen molar-refractivity contribution in [3.8, 4) is 0 Å². The van der Waals surface area contributed by atoms with Crippen molar-refractivity contribution in [2.45, 2.75) is 19.3 Å². The molecule has 3 rings (SSSR count). The molecule has 1 aliphatic rings. The van der Waals surface area contributed by atoms with Crippen LogP contribution in [0.3, 0.4) is 0 Å². The fourth-order valence-electron chi connectivity index (χ4n) is 1.87. The van der Waals surface area contributed by atoms with Crippen LogP contribution in [0.2, 0.25) is 0 Å². The van der Waals surface area contributed by atoms with E-state index in [4.69, 9.17) is 18.0 Å². The van der Waals surface area contributed by atoms with E-state index in [9.17, 15) is 0 Å². The van der Waals surface area contributed by atoms with Crippen LogP contribution in [-0.4, -0.2) is 19.9 Å². The Hall–Kier alpha value is -1.60. The summed E-state index contributed by atoms with van der Waals surface area (Å²) in [5.74, 6) is 0.655. The number of hydrogen-bond donors (Lipinski definition) is 2. The van der Waals surface area contributed by atoms with Gasteiger partial charge in [-0.05, 0) is 19.3 Å². The summed E-state index contributed by atoms with van der Waals surface area (Å²) in [6.07, 6.45) is 6.62. The van der Waals surface area contributed by atoms with Gasteiger partial charge in [0.1, 0.15) is 10.7 Å². The van der Waals surface area contributed by atoms with Crippen molar-refractivity contribution >= 4 is 39.5 Å². The van der Waals surface area contributed by atoms with Crippen molar-refractivity contribution < 1.29 is 0 Å². The maximum Gasteiger partial charge on any atom is 0.188 e. The van der Waals surface area contributed by atoms with Crippen LogP contribution in [0.15, 0.2) is 12.4 Å². The van der Waals surface area contributed by atoms with E-state index in [2.05, 4.69) is 20.3 Å². The molecule has 2 aromatic rings. The summed E-state index contributed by atoms with van der Waals surface area (Å²) in [4.78, 5) is 14.5. The van der Waals surface area contributed by atoms with Gasteiger partial charge in [0.15, 0.2) is 10.9 Å². The number of anilines is 2. The fraction of sp³-hybridized carbons (Fsp3) is 0.273. The Labute approximate surface area is 113 Å². The van der Waals surface area contributed by atoms with Crippen LogP contribution < -0.4 is 11.1 Å². The summed E-state index contributed by atoms with van der Waals surface area (Å²) in [5, 5.41) is 4.02. The summed E-state index contributed by atoms with van der Waals surface area (Å²) in [7, 11) is 0. The summed E-state index contributed by atoms with van der Waals surface area (Å²) < 4.78 is 0. The molecule has 0 saturated carbocycles. The molecule has 2 aromatic heterocycles. The third-order valence-electron chi connectivity index (χ3n) is 2.73. The number of hydrogen-bond acceptors (Lipinski definition) is 6. The Kier molecular flexibility index (Phi) is 2.92. The molecule has 0 fully saturated rings. The largest absolute Gasteiger partial charge is 0.388 e. The van der Waals surface area contributed by atoms with E-state index in [1.54, 1.807) is 23.7 Å². The highest BCUT2D eigenvalue weighted by molar-refractivity contribution is 7.80. The number of thiocarbonyl (C=S) groups is 1. The molecule has 1 aliphatic carbocycles. The molecule has 0 aromatic carbocycles. The maximum atomic E-state index is 5.46. The van der Waals surface area contributed by atoms with Gasteiger partial charge >= 0.3 is 0 Å². The molecule has 3 N–H and O–H groups in total. The second-order valence-corrected chi connectivity index (χ2v) is 5.54. The fourth-order valence-corrected chi connectivity index (χ4v) is 3.04. The van der Waals surface area contributed by atoms with Crippen LogP contribution in [0.4, 0.5) is 10.9 Å². The molecule has 0 radical (unpaired) electrons. The Bertz CT molecular complexity index is 568. The molecule has 0 spiro atoms. The van der Waals surface area contributed by atoms with E-state index < -0.39 is 0 Å². The zero-order valence-electron chi connectivity index (χ0n) is 9.51. The van der Waals surface area contributed by atoms with Gasteiger partial charge in [-0.2, -0.15) is 0 Å². The molecule has 0 aliphatic heterocycles. The number of rotatable bonds is 3. The van der Waals surface area contributed by atoms with Gasteiger partial charge in [0.25, 0.3) is 0 Å². The monoisotopic (exact) mass is 277 g/mol. The van der Waals surface area contributed by atoms with Crippen molar-refractivity contribution in [2.24, 2.45) is 5.73 Å². The van der Waals surface area contributed by atoms with Gasteiger partial charge in [-0.25, -0.2) is 15.0 Å². The summed E-state index contributed by atoms with van der Waals surface area (Å²) >= 11 is 6.51. The second kappa shape index (κ2) is 4.58. The zero-order valence-corrected chi connectivity index (χ0v) is 11.1. The topological polar surface area (TPSA) is 76.7 Å². The molecule has 0 atom stereocenters. The number of nitrogens with two attached hydrogens (primary N) is 1. The normalized spacial score (nSPS) is 13.3. The van der Waals surface area contributed by atoms with E-state index >= 15 is 0 Å². The van der Waals surface area contributed by atoms with Gasteiger partial charge in [-0.15, -0.1) is 11.3 Å². The average Bonchev–Trinajstić information content (AvgIpc) is 2.90. The SMILES string of the molecule is NC(=S)c1cnc(Nc2nc3c(s2)CCC3)cn1. The first kappa shape index (κ1) is 11.5. The number of nitrogens with one attached hydrogen (secondary N) is 1. The van der Waals surface area contributed by atoms with Gasteiger partial charge in [0, 0.05) is 4.88 Å². The van der Waals surface area contributed by atoms with E-state index in [0.29, 0.717) is 11.5 Å². The predicted octanol–water partition coefficient (Wildman–Crippen LogP) is 1.80. The Morgan fingerprint density at radius 1 is 1.33 bits per heavy atom. The highest BCUT2D eigenvalue weighted by Gasteiger charge is 2.16. The van der Waals surface area contributed by atoms with Crippen LogP contribution >= 0.6 is 23.6 Å². The smallest absolute Gasteiger partial charge is 0.188 e.